The van der Waals surface area contributed by atoms with Crippen LogP contribution in [0.5, 0.6) is 0 Å². The zero-order chi connectivity index (χ0) is 10.8. The molecule has 14 heavy (non-hydrogen) atoms. The zero-order valence-corrected chi connectivity index (χ0v) is 7.71. The molecule has 7 heteroatoms. The fourth-order valence-corrected chi connectivity index (χ4v) is 1.58. The van der Waals surface area contributed by atoms with E-state index >= 15 is 0 Å². The third kappa shape index (κ3) is 1.92. The van der Waals surface area contributed by atoms with Crippen molar-refractivity contribution in [3.63, 3.8) is 0 Å². The van der Waals surface area contributed by atoms with Gasteiger partial charge in [-0.25, -0.2) is 22.2 Å². The summed E-state index contributed by atoms with van der Waals surface area (Å²) in [5.41, 5.74) is -0.854. The Labute approximate surface area is 79.2 Å². The summed E-state index contributed by atoms with van der Waals surface area (Å²) in [6.07, 6.45) is -0.945. The molecule has 76 valence electrons. The summed E-state index contributed by atoms with van der Waals surface area (Å²) in [6, 6.07) is 0. The number of halogens is 2. The Balaban J connectivity index is 3.42. The van der Waals surface area contributed by atoms with Crippen LogP contribution in [0.15, 0.2) is 29.4 Å². The van der Waals surface area contributed by atoms with Crippen molar-refractivity contribution in [1.29, 1.82) is 0 Å². The molecular formula is C7H6F2N2O2S. The van der Waals surface area contributed by atoms with Gasteiger partial charge in [0.1, 0.15) is 5.69 Å². The normalized spacial score (nSPS) is 11.6. The molecule has 0 aliphatic rings. The maximum absolute atomic E-state index is 12.3. The summed E-state index contributed by atoms with van der Waals surface area (Å²) in [4.78, 5) is 6.59. The average Bonchev–Trinajstić information content (AvgIpc) is 2.18. The van der Waals surface area contributed by atoms with Crippen LogP contribution >= 0.6 is 0 Å². The zero-order valence-electron chi connectivity index (χ0n) is 6.89. The van der Waals surface area contributed by atoms with Crippen molar-refractivity contribution in [3.8, 4) is 0 Å². The molecule has 0 fully saturated rings. The number of aromatic nitrogens is 2. The van der Waals surface area contributed by atoms with Crippen LogP contribution in [-0.4, -0.2) is 18.4 Å². The molecule has 0 aliphatic heterocycles. The highest BCUT2D eigenvalue weighted by Gasteiger charge is 2.23. The third-order valence-corrected chi connectivity index (χ3v) is 2.68. The predicted octanol–water partition coefficient (Wildman–Crippen LogP) is 1.33. The van der Waals surface area contributed by atoms with E-state index in [1.165, 1.54) is 0 Å². The van der Waals surface area contributed by atoms with Crippen LogP contribution in [0.1, 0.15) is 12.1 Å². The summed E-state index contributed by atoms with van der Waals surface area (Å²) in [6.45, 7) is 3.01. The van der Waals surface area contributed by atoms with Gasteiger partial charge in [-0.3, -0.25) is 4.98 Å². The van der Waals surface area contributed by atoms with Crippen LogP contribution in [0.25, 0.3) is 0 Å². The van der Waals surface area contributed by atoms with Gasteiger partial charge in [0.25, 0.3) is 6.43 Å². The molecule has 0 saturated carbocycles. The summed E-state index contributed by atoms with van der Waals surface area (Å²) in [7, 11) is -3.96. The van der Waals surface area contributed by atoms with Gasteiger partial charge in [0, 0.05) is 17.8 Å². The molecule has 0 atom stereocenters. The molecule has 0 bridgehead atoms. The molecule has 0 aromatic carbocycles. The summed E-state index contributed by atoms with van der Waals surface area (Å²) in [5, 5.41) is -0.187. The van der Waals surface area contributed by atoms with Crippen molar-refractivity contribution >= 4 is 9.84 Å². The van der Waals surface area contributed by atoms with E-state index in [2.05, 4.69) is 16.5 Å². The molecule has 4 nitrogen and oxygen atoms in total. The molecule has 0 amide bonds. The highest BCUT2D eigenvalue weighted by atomic mass is 32.2. The molecule has 0 N–H and O–H groups in total. The SMILES string of the molecule is C=CS(=O)(=O)c1nccnc1C(F)F. The molecule has 0 saturated heterocycles. The minimum atomic E-state index is -3.96. The minimum absolute atomic E-state index is 0.558. The Kier molecular flexibility index (Phi) is 2.90. The first-order valence-corrected chi connectivity index (χ1v) is 5.00. The summed E-state index contributed by atoms with van der Waals surface area (Å²) >= 11 is 0. The number of hydrogen-bond acceptors (Lipinski definition) is 4. The van der Waals surface area contributed by atoms with Crippen LogP contribution in [0.2, 0.25) is 0 Å². The smallest absolute Gasteiger partial charge is 0.251 e. The maximum atomic E-state index is 12.3. The lowest BCUT2D eigenvalue weighted by Crippen LogP contribution is -2.06. The van der Waals surface area contributed by atoms with Crippen LogP contribution in [0.3, 0.4) is 0 Å². The van der Waals surface area contributed by atoms with E-state index in [4.69, 9.17) is 0 Å². The Morgan fingerprint density at radius 1 is 1.36 bits per heavy atom. The van der Waals surface area contributed by atoms with Crippen molar-refractivity contribution in [2.45, 2.75) is 11.5 Å². The number of sulfone groups is 1. The van der Waals surface area contributed by atoms with Crippen molar-refractivity contribution < 1.29 is 17.2 Å². The van der Waals surface area contributed by atoms with Crippen molar-refractivity contribution in [1.82, 2.24) is 9.97 Å². The van der Waals surface area contributed by atoms with E-state index in [-0.39, 0.29) is 0 Å². The minimum Gasteiger partial charge on any atom is -0.251 e. The highest BCUT2D eigenvalue weighted by molar-refractivity contribution is 7.94. The van der Waals surface area contributed by atoms with Gasteiger partial charge in [-0.2, -0.15) is 0 Å². The van der Waals surface area contributed by atoms with Gasteiger partial charge < -0.3 is 0 Å². The standard InChI is InChI=1S/C7H6F2N2O2S/c1-2-14(12,13)7-5(6(8)9)10-3-4-11-7/h2-4,6H,1H2. The van der Waals surface area contributed by atoms with Crippen LogP contribution in [0, 0.1) is 0 Å². The maximum Gasteiger partial charge on any atom is 0.283 e. The molecule has 0 spiro atoms. The fraction of sp³-hybridized carbons (Fsp3) is 0.143. The Morgan fingerprint density at radius 2 is 1.93 bits per heavy atom. The lowest BCUT2D eigenvalue weighted by Gasteiger charge is -2.03. The monoisotopic (exact) mass is 220 g/mol. The van der Waals surface area contributed by atoms with E-state index < -0.39 is 27.0 Å². The van der Waals surface area contributed by atoms with Gasteiger partial charge in [-0.05, 0) is 0 Å². The summed E-state index contributed by atoms with van der Waals surface area (Å²) in [5.74, 6) is 0. The lowest BCUT2D eigenvalue weighted by atomic mass is 10.5. The number of hydrogen-bond donors (Lipinski definition) is 0. The largest absolute Gasteiger partial charge is 0.283 e. The quantitative estimate of drug-likeness (QED) is 0.771. The molecule has 1 rings (SSSR count). The Hall–Kier alpha value is -1.37. The lowest BCUT2D eigenvalue weighted by molar-refractivity contribution is 0.141. The van der Waals surface area contributed by atoms with Crippen molar-refractivity contribution in [2.75, 3.05) is 0 Å². The predicted molar refractivity (Wildman–Crippen MR) is 44.4 cm³/mol. The van der Waals surface area contributed by atoms with Gasteiger partial charge in [0.05, 0.1) is 0 Å². The molecule has 0 aliphatic carbocycles. The van der Waals surface area contributed by atoms with Gasteiger partial charge >= 0.3 is 0 Å². The van der Waals surface area contributed by atoms with Gasteiger partial charge in [-0.15, -0.1) is 0 Å². The van der Waals surface area contributed by atoms with Gasteiger partial charge in [0.2, 0.25) is 9.84 Å². The molecule has 1 heterocycles. The van der Waals surface area contributed by atoms with E-state index in [1.54, 1.807) is 0 Å². The fourth-order valence-electron chi connectivity index (χ4n) is 0.784. The second-order valence-electron chi connectivity index (χ2n) is 2.26. The Morgan fingerprint density at radius 3 is 2.43 bits per heavy atom. The van der Waals surface area contributed by atoms with Gasteiger partial charge in [0.15, 0.2) is 5.03 Å². The first-order valence-electron chi connectivity index (χ1n) is 3.45. The second kappa shape index (κ2) is 3.79. The van der Waals surface area contributed by atoms with E-state index in [0.29, 0.717) is 5.41 Å². The molecule has 1 aromatic rings. The van der Waals surface area contributed by atoms with E-state index in [1.807, 2.05) is 0 Å². The number of rotatable bonds is 3. The van der Waals surface area contributed by atoms with E-state index in [0.717, 1.165) is 12.4 Å². The van der Waals surface area contributed by atoms with Crippen LogP contribution < -0.4 is 0 Å². The van der Waals surface area contributed by atoms with E-state index in [9.17, 15) is 17.2 Å². The molecule has 0 radical (unpaired) electrons. The van der Waals surface area contributed by atoms with Crippen molar-refractivity contribution in [2.24, 2.45) is 0 Å². The molecule has 1 aromatic heterocycles. The first-order chi connectivity index (χ1) is 6.49. The van der Waals surface area contributed by atoms with Gasteiger partial charge in [-0.1, -0.05) is 6.58 Å². The average molecular weight is 220 g/mol. The number of nitrogens with zero attached hydrogens (tertiary/aromatic N) is 2. The molecular weight excluding hydrogens is 214 g/mol. The third-order valence-electron chi connectivity index (χ3n) is 1.39. The number of alkyl halides is 2. The Bertz CT molecular complexity index is 445. The highest BCUT2D eigenvalue weighted by Crippen LogP contribution is 2.22. The molecule has 0 unspecified atom stereocenters. The second-order valence-corrected chi connectivity index (χ2v) is 4.07. The first kappa shape index (κ1) is 10.7. The van der Waals surface area contributed by atoms with Crippen LogP contribution in [0.4, 0.5) is 8.78 Å². The summed E-state index contributed by atoms with van der Waals surface area (Å²) < 4.78 is 46.9. The van der Waals surface area contributed by atoms with Crippen molar-refractivity contribution in [3.05, 3.63) is 30.1 Å². The van der Waals surface area contributed by atoms with Crippen LogP contribution in [-0.2, 0) is 9.84 Å². The topological polar surface area (TPSA) is 59.9 Å².